The lowest BCUT2D eigenvalue weighted by molar-refractivity contribution is -0.133. The van der Waals surface area contributed by atoms with Gasteiger partial charge in [0.25, 0.3) is 0 Å². The molecule has 0 bridgehead atoms. The predicted molar refractivity (Wildman–Crippen MR) is 63.1 cm³/mol. The van der Waals surface area contributed by atoms with Gasteiger partial charge in [-0.25, -0.2) is 0 Å². The van der Waals surface area contributed by atoms with Crippen molar-refractivity contribution in [2.75, 3.05) is 33.2 Å². The quantitative estimate of drug-likeness (QED) is 0.750. The standard InChI is InChI=1S/C12H19N3O/c1-13-8-10-15(11-9-13)12(16)4-7-14-5-2-3-6-14/h2-3,5-6H,4,7-11H2,1H3. The van der Waals surface area contributed by atoms with E-state index in [1.54, 1.807) is 0 Å². The Morgan fingerprint density at radius 3 is 2.38 bits per heavy atom. The van der Waals surface area contributed by atoms with Gasteiger partial charge in [-0.3, -0.25) is 4.79 Å². The number of aromatic nitrogens is 1. The minimum absolute atomic E-state index is 0.279. The summed E-state index contributed by atoms with van der Waals surface area (Å²) in [5, 5.41) is 0. The fourth-order valence-corrected chi connectivity index (χ4v) is 1.96. The Balaban J connectivity index is 1.75. The van der Waals surface area contributed by atoms with E-state index in [4.69, 9.17) is 0 Å². The summed E-state index contributed by atoms with van der Waals surface area (Å²) in [4.78, 5) is 16.1. The molecule has 0 N–H and O–H groups in total. The number of likely N-dealkylation sites (N-methyl/N-ethyl adjacent to an activating group) is 1. The van der Waals surface area contributed by atoms with Crippen molar-refractivity contribution in [2.24, 2.45) is 0 Å². The second-order valence-electron chi connectivity index (χ2n) is 4.35. The lowest BCUT2D eigenvalue weighted by Crippen LogP contribution is -2.47. The summed E-state index contributed by atoms with van der Waals surface area (Å²) in [5.74, 6) is 0.279. The van der Waals surface area contributed by atoms with Crippen LogP contribution in [0.2, 0.25) is 0 Å². The molecule has 1 saturated heterocycles. The van der Waals surface area contributed by atoms with Crippen molar-refractivity contribution in [3.05, 3.63) is 24.5 Å². The Kier molecular flexibility index (Phi) is 3.62. The van der Waals surface area contributed by atoms with E-state index in [-0.39, 0.29) is 5.91 Å². The van der Waals surface area contributed by atoms with E-state index in [2.05, 4.69) is 11.9 Å². The van der Waals surface area contributed by atoms with E-state index < -0.39 is 0 Å². The third kappa shape index (κ3) is 2.85. The smallest absolute Gasteiger partial charge is 0.224 e. The number of piperazine rings is 1. The molecule has 16 heavy (non-hydrogen) atoms. The van der Waals surface area contributed by atoms with Gasteiger partial charge < -0.3 is 14.4 Å². The molecule has 0 unspecified atom stereocenters. The monoisotopic (exact) mass is 221 g/mol. The molecule has 1 aromatic rings. The first-order chi connectivity index (χ1) is 7.75. The summed E-state index contributed by atoms with van der Waals surface area (Å²) in [5.41, 5.74) is 0. The zero-order valence-electron chi connectivity index (χ0n) is 9.80. The van der Waals surface area contributed by atoms with Crippen LogP contribution in [0.3, 0.4) is 0 Å². The molecule has 0 radical (unpaired) electrons. The third-order valence-corrected chi connectivity index (χ3v) is 3.11. The van der Waals surface area contributed by atoms with Gasteiger partial charge in [0.15, 0.2) is 0 Å². The zero-order valence-corrected chi connectivity index (χ0v) is 9.80. The maximum atomic E-state index is 11.9. The summed E-state index contributed by atoms with van der Waals surface area (Å²) in [7, 11) is 2.10. The van der Waals surface area contributed by atoms with E-state index in [0.717, 1.165) is 32.7 Å². The first-order valence-electron chi connectivity index (χ1n) is 5.83. The SMILES string of the molecule is CN1CCN(C(=O)CCn2cccc2)CC1. The molecule has 2 rings (SSSR count). The first-order valence-corrected chi connectivity index (χ1v) is 5.83. The summed E-state index contributed by atoms with van der Waals surface area (Å²) < 4.78 is 2.05. The van der Waals surface area contributed by atoms with Gasteiger partial charge >= 0.3 is 0 Å². The molecular weight excluding hydrogens is 202 g/mol. The number of aryl methyl sites for hydroxylation is 1. The number of carbonyl (C=O) groups is 1. The number of hydrogen-bond acceptors (Lipinski definition) is 2. The molecule has 88 valence electrons. The summed E-state index contributed by atoms with van der Waals surface area (Å²) >= 11 is 0. The largest absolute Gasteiger partial charge is 0.354 e. The van der Waals surface area contributed by atoms with Crippen LogP contribution in [0.25, 0.3) is 0 Å². The van der Waals surface area contributed by atoms with Gasteiger partial charge in [0.05, 0.1) is 0 Å². The van der Waals surface area contributed by atoms with E-state index in [9.17, 15) is 4.79 Å². The Hall–Kier alpha value is -1.29. The molecule has 0 atom stereocenters. The molecule has 1 aliphatic heterocycles. The summed E-state index contributed by atoms with van der Waals surface area (Å²) in [6.07, 6.45) is 4.60. The molecule has 4 heteroatoms. The van der Waals surface area contributed by atoms with Gasteiger partial charge in [-0.15, -0.1) is 0 Å². The van der Waals surface area contributed by atoms with Gasteiger partial charge in [0.1, 0.15) is 0 Å². The summed E-state index contributed by atoms with van der Waals surface area (Å²) in [6, 6.07) is 3.97. The Labute approximate surface area is 96.4 Å². The van der Waals surface area contributed by atoms with Crippen molar-refractivity contribution in [1.82, 2.24) is 14.4 Å². The van der Waals surface area contributed by atoms with Crippen LogP contribution in [-0.4, -0.2) is 53.5 Å². The second kappa shape index (κ2) is 5.16. The van der Waals surface area contributed by atoms with Gasteiger partial charge in [-0.2, -0.15) is 0 Å². The van der Waals surface area contributed by atoms with Crippen molar-refractivity contribution in [3.8, 4) is 0 Å². The van der Waals surface area contributed by atoms with Crippen LogP contribution in [0.1, 0.15) is 6.42 Å². The van der Waals surface area contributed by atoms with Crippen LogP contribution in [0.15, 0.2) is 24.5 Å². The molecule has 1 aromatic heterocycles. The van der Waals surface area contributed by atoms with E-state index >= 15 is 0 Å². The Bertz CT molecular complexity index is 326. The highest BCUT2D eigenvalue weighted by molar-refractivity contribution is 5.76. The molecule has 0 aromatic carbocycles. The normalized spacial score (nSPS) is 17.7. The van der Waals surface area contributed by atoms with Crippen LogP contribution < -0.4 is 0 Å². The average molecular weight is 221 g/mol. The van der Waals surface area contributed by atoms with Crippen molar-refractivity contribution >= 4 is 5.91 Å². The number of nitrogens with zero attached hydrogens (tertiary/aromatic N) is 3. The van der Waals surface area contributed by atoms with E-state index in [1.807, 2.05) is 34.0 Å². The maximum absolute atomic E-state index is 11.9. The number of rotatable bonds is 3. The molecule has 0 saturated carbocycles. The molecule has 4 nitrogen and oxygen atoms in total. The maximum Gasteiger partial charge on any atom is 0.224 e. The highest BCUT2D eigenvalue weighted by Gasteiger charge is 2.18. The van der Waals surface area contributed by atoms with Crippen LogP contribution in [0.5, 0.6) is 0 Å². The lowest BCUT2D eigenvalue weighted by Gasteiger charge is -2.32. The molecule has 1 aliphatic rings. The fraction of sp³-hybridized carbons (Fsp3) is 0.583. The highest BCUT2D eigenvalue weighted by Crippen LogP contribution is 2.03. The summed E-state index contributed by atoms with van der Waals surface area (Å²) in [6.45, 7) is 4.53. The Morgan fingerprint density at radius 2 is 1.75 bits per heavy atom. The van der Waals surface area contributed by atoms with Crippen LogP contribution >= 0.6 is 0 Å². The fourth-order valence-electron chi connectivity index (χ4n) is 1.96. The van der Waals surface area contributed by atoms with E-state index in [0.29, 0.717) is 6.42 Å². The molecule has 2 heterocycles. The molecule has 1 amide bonds. The zero-order chi connectivity index (χ0) is 11.4. The number of carbonyl (C=O) groups excluding carboxylic acids is 1. The van der Waals surface area contributed by atoms with Gasteiger partial charge in [-0.1, -0.05) is 0 Å². The van der Waals surface area contributed by atoms with Gasteiger partial charge in [0.2, 0.25) is 5.91 Å². The third-order valence-electron chi connectivity index (χ3n) is 3.11. The van der Waals surface area contributed by atoms with Gasteiger partial charge in [-0.05, 0) is 19.2 Å². The molecule has 0 spiro atoms. The highest BCUT2D eigenvalue weighted by atomic mass is 16.2. The lowest BCUT2D eigenvalue weighted by atomic mass is 10.3. The molecular formula is C12H19N3O. The van der Waals surface area contributed by atoms with Crippen molar-refractivity contribution < 1.29 is 4.79 Å². The first kappa shape index (κ1) is 11.2. The Morgan fingerprint density at radius 1 is 1.12 bits per heavy atom. The molecule has 0 aliphatic carbocycles. The minimum Gasteiger partial charge on any atom is -0.354 e. The number of amides is 1. The second-order valence-corrected chi connectivity index (χ2v) is 4.35. The average Bonchev–Trinajstić information content (AvgIpc) is 2.80. The van der Waals surface area contributed by atoms with Gasteiger partial charge in [0, 0.05) is 51.5 Å². The van der Waals surface area contributed by atoms with E-state index in [1.165, 1.54) is 0 Å². The number of hydrogen-bond donors (Lipinski definition) is 0. The molecule has 1 fully saturated rings. The predicted octanol–water partition coefficient (Wildman–Crippen LogP) is 0.652. The topological polar surface area (TPSA) is 28.5 Å². The van der Waals surface area contributed by atoms with Crippen molar-refractivity contribution in [1.29, 1.82) is 0 Å². The minimum atomic E-state index is 0.279. The van der Waals surface area contributed by atoms with Crippen molar-refractivity contribution in [3.63, 3.8) is 0 Å². The van der Waals surface area contributed by atoms with Crippen LogP contribution in [0.4, 0.5) is 0 Å². The van der Waals surface area contributed by atoms with Crippen molar-refractivity contribution in [2.45, 2.75) is 13.0 Å². The van der Waals surface area contributed by atoms with Crippen LogP contribution in [-0.2, 0) is 11.3 Å². The van der Waals surface area contributed by atoms with Crippen LogP contribution in [0, 0.1) is 0 Å².